The summed E-state index contributed by atoms with van der Waals surface area (Å²) < 4.78 is 23.7. The van der Waals surface area contributed by atoms with Crippen LogP contribution in [0.1, 0.15) is 17.4 Å². The molecule has 0 aliphatic heterocycles. The molecule has 0 spiro atoms. The summed E-state index contributed by atoms with van der Waals surface area (Å²) in [7, 11) is 2.79. The lowest BCUT2D eigenvalue weighted by atomic mass is 10.1. The van der Waals surface area contributed by atoms with Gasteiger partial charge in [0.2, 0.25) is 11.8 Å². The lowest BCUT2D eigenvalue weighted by molar-refractivity contribution is 0.202. The molecule has 0 amide bonds. The highest BCUT2D eigenvalue weighted by atomic mass is 35.5. The first-order valence-corrected chi connectivity index (χ1v) is 6.03. The van der Waals surface area contributed by atoms with Gasteiger partial charge in [-0.3, -0.25) is 0 Å². The third-order valence-corrected chi connectivity index (χ3v) is 3.01. The standard InChI is InChI=1S/C13H12ClFN2O3/c1-19-9-6-16-11(13(17-9)20-2)12(18)10-7(14)4-3-5-8(10)15/h3-6,12,18H,1-2H3. The molecule has 1 aromatic carbocycles. The lowest BCUT2D eigenvalue weighted by Crippen LogP contribution is -2.09. The number of hydrogen-bond acceptors (Lipinski definition) is 5. The van der Waals surface area contributed by atoms with E-state index in [4.69, 9.17) is 21.1 Å². The van der Waals surface area contributed by atoms with Crippen LogP contribution >= 0.6 is 11.6 Å². The number of aliphatic hydroxyl groups excluding tert-OH is 1. The molecule has 0 aliphatic rings. The van der Waals surface area contributed by atoms with Crippen LogP contribution in [0.5, 0.6) is 11.8 Å². The van der Waals surface area contributed by atoms with Gasteiger partial charge in [0.15, 0.2) is 0 Å². The zero-order valence-corrected chi connectivity index (χ0v) is 11.6. The fourth-order valence-electron chi connectivity index (χ4n) is 1.71. The molecule has 20 heavy (non-hydrogen) atoms. The van der Waals surface area contributed by atoms with E-state index in [2.05, 4.69) is 9.97 Å². The van der Waals surface area contributed by atoms with Crippen LogP contribution in [0.25, 0.3) is 0 Å². The van der Waals surface area contributed by atoms with E-state index in [1.54, 1.807) is 0 Å². The molecule has 0 fully saturated rings. The van der Waals surface area contributed by atoms with Crippen molar-refractivity contribution in [2.24, 2.45) is 0 Å². The van der Waals surface area contributed by atoms with Crippen molar-refractivity contribution in [2.75, 3.05) is 14.2 Å². The molecule has 1 aromatic heterocycles. The SMILES string of the molecule is COc1cnc(C(O)c2c(F)cccc2Cl)c(OC)n1. The Morgan fingerprint density at radius 3 is 2.65 bits per heavy atom. The maximum Gasteiger partial charge on any atom is 0.241 e. The van der Waals surface area contributed by atoms with Gasteiger partial charge in [-0.25, -0.2) is 9.37 Å². The van der Waals surface area contributed by atoms with Gasteiger partial charge in [-0.05, 0) is 12.1 Å². The number of aromatic nitrogens is 2. The number of nitrogens with zero attached hydrogens (tertiary/aromatic N) is 2. The number of rotatable bonds is 4. The minimum Gasteiger partial charge on any atom is -0.480 e. The first-order valence-electron chi connectivity index (χ1n) is 5.65. The molecular formula is C13H12ClFN2O3. The van der Waals surface area contributed by atoms with E-state index in [9.17, 15) is 9.50 Å². The van der Waals surface area contributed by atoms with Gasteiger partial charge < -0.3 is 14.6 Å². The summed E-state index contributed by atoms with van der Waals surface area (Å²) in [6, 6.07) is 4.13. The monoisotopic (exact) mass is 298 g/mol. The quantitative estimate of drug-likeness (QED) is 0.939. The second kappa shape index (κ2) is 6.02. The average Bonchev–Trinajstić information content (AvgIpc) is 2.46. The van der Waals surface area contributed by atoms with Crippen LogP contribution in [0.3, 0.4) is 0 Å². The molecule has 5 nitrogen and oxygen atoms in total. The highest BCUT2D eigenvalue weighted by Crippen LogP contribution is 2.33. The highest BCUT2D eigenvalue weighted by molar-refractivity contribution is 6.31. The molecule has 106 valence electrons. The number of hydrogen-bond donors (Lipinski definition) is 1. The number of halogens is 2. The summed E-state index contributed by atoms with van der Waals surface area (Å²) in [6.45, 7) is 0. The van der Waals surface area contributed by atoms with Crippen molar-refractivity contribution < 1.29 is 19.0 Å². The second-order valence-corrected chi connectivity index (χ2v) is 4.25. The number of ether oxygens (including phenoxy) is 2. The van der Waals surface area contributed by atoms with Crippen molar-refractivity contribution in [1.29, 1.82) is 0 Å². The van der Waals surface area contributed by atoms with E-state index in [1.165, 1.54) is 38.6 Å². The number of methoxy groups -OCH3 is 2. The van der Waals surface area contributed by atoms with Crippen molar-refractivity contribution in [3.63, 3.8) is 0 Å². The van der Waals surface area contributed by atoms with Gasteiger partial charge in [-0.2, -0.15) is 4.98 Å². The van der Waals surface area contributed by atoms with E-state index >= 15 is 0 Å². The first kappa shape index (κ1) is 14.5. The zero-order chi connectivity index (χ0) is 14.7. The fraction of sp³-hybridized carbons (Fsp3) is 0.231. The van der Waals surface area contributed by atoms with E-state index in [1.807, 2.05) is 0 Å². The van der Waals surface area contributed by atoms with Gasteiger partial charge in [-0.15, -0.1) is 0 Å². The average molecular weight is 299 g/mol. The number of aliphatic hydroxyl groups is 1. The molecule has 1 unspecified atom stereocenters. The fourth-order valence-corrected chi connectivity index (χ4v) is 1.98. The smallest absolute Gasteiger partial charge is 0.241 e. The van der Waals surface area contributed by atoms with Crippen LogP contribution in [0, 0.1) is 5.82 Å². The third-order valence-electron chi connectivity index (χ3n) is 2.68. The Bertz CT molecular complexity index is 604. The van der Waals surface area contributed by atoms with Crippen LogP contribution in [0.15, 0.2) is 24.4 Å². The second-order valence-electron chi connectivity index (χ2n) is 3.84. The Hall–Kier alpha value is -1.92. The van der Waals surface area contributed by atoms with E-state index in [0.29, 0.717) is 0 Å². The molecule has 0 aliphatic carbocycles. The van der Waals surface area contributed by atoms with Gasteiger partial charge in [0, 0.05) is 10.6 Å². The predicted molar refractivity (Wildman–Crippen MR) is 70.6 cm³/mol. The van der Waals surface area contributed by atoms with Crippen LogP contribution < -0.4 is 9.47 Å². The van der Waals surface area contributed by atoms with Gasteiger partial charge >= 0.3 is 0 Å². The van der Waals surface area contributed by atoms with Gasteiger partial charge in [0.05, 0.1) is 20.4 Å². The molecule has 0 radical (unpaired) electrons. The first-order chi connectivity index (χ1) is 9.58. The van der Waals surface area contributed by atoms with Crippen molar-refractivity contribution >= 4 is 11.6 Å². The van der Waals surface area contributed by atoms with Crippen molar-refractivity contribution in [3.8, 4) is 11.8 Å². The molecule has 2 rings (SSSR count). The van der Waals surface area contributed by atoms with E-state index in [0.717, 1.165) is 0 Å². The molecule has 1 heterocycles. The zero-order valence-electron chi connectivity index (χ0n) is 10.8. The molecule has 1 N–H and O–H groups in total. The van der Waals surface area contributed by atoms with E-state index in [-0.39, 0.29) is 28.0 Å². The summed E-state index contributed by atoms with van der Waals surface area (Å²) >= 11 is 5.91. The topological polar surface area (TPSA) is 64.5 Å². The third kappa shape index (κ3) is 2.66. The molecule has 7 heteroatoms. The molecule has 0 saturated carbocycles. The molecule has 0 bridgehead atoms. The lowest BCUT2D eigenvalue weighted by Gasteiger charge is -2.15. The largest absolute Gasteiger partial charge is 0.480 e. The Balaban J connectivity index is 2.50. The van der Waals surface area contributed by atoms with Crippen LogP contribution in [0.2, 0.25) is 5.02 Å². The maximum absolute atomic E-state index is 13.8. The minimum atomic E-state index is -1.39. The van der Waals surface area contributed by atoms with Gasteiger partial charge in [0.25, 0.3) is 0 Å². The summed E-state index contributed by atoms with van der Waals surface area (Å²) in [6.07, 6.45) is -0.0902. The molecule has 2 aromatic rings. The van der Waals surface area contributed by atoms with Crippen molar-refractivity contribution in [3.05, 3.63) is 46.5 Å². The number of benzene rings is 1. The summed E-state index contributed by atoms with van der Waals surface area (Å²) in [4.78, 5) is 7.97. The Morgan fingerprint density at radius 2 is 2.05 bits per heavy atom. The predicted octanol–water partition coefficient (Wildman–Crippen LogP) is 2.37. The maximum atomic E-state index is 13.8. The van der Waals surface area contributed by atoms with Crippen molar-refractivity contribution in [2.45, 2.75) is 6.10 Å². The Labute approximate surface area is 120 Å². The summed E-state index contributed by atoms with van der Waals surface area (Å²) in [5.74, 6) is -0.377. The Kier molecular flexibility index (Phi) is 4.36. The van der Waals surface area contributed by atoms with Crippen molar-refractivity contribution in [1.82, 2.24) is 9.97 Å². The van der Waals surface area contributed by atoms with E-state index < -0.39 is 11.9 Å². The highest BCUT2D eigenvalue weighted by Gasteiger charge is 2.24. The Morgan fingerprint density at radius 1 is 1.30 bits per heavy atom. The molecule has 0 saturated heterocycles. The summed E-state index contributed by atoms with van der Waals surface area (Å²) in [5.41, 5.74) is -0.0211. The summed E-state index contributed by atoms with van der Waals surface area (Å²) in [5, 5.41) is 10.4. The normalized spacial score (nSPS) is 12.1. The van der Waals surface area contributed by atoms with Gasteiger partial charge in [0.1, 0.15) is 17.6 Å². The van der Waals surface area contributed by atoms with Crippen LogP contribution in [0.4, 0.5) is 4.39 Å². The molecular weight excluding hydrogens is 287 g/mol. The van der Waals surface area contributed by atoms with Crippen LogP contribution in [-0.4, -0.2) is 29.3 Å². The van der Waals surface area contributed by atoms with Crippen LogP contribution in [-0.2, 0) is 0 Å². The minimum absolute atomic E-state index is 0.0381. The molecule has 1 atom stereocenters. The van der Waals surface area contributed by atoms with Gasteiger partial charge in [-0.1, -0.05) is 17.7 Å².